The summed E-state index contributed by atoms with van der Waals surface area (Å²) in [6.07, 6.45) is 11.9. The Morgan fingerprint density at radius 1 is 1.18 bits per heavy atom. The highest BCUT2D eigenvalue weighted by Crippen LogP contribution is 2.22. The number of aryl methyl sites for hydroxylation is 1. The fourth-order valence-electron chi connectivity index (χ4n) is 2.17. The highest BCUT2D eigenvalue weighted by atomic mass is 16.5. The highest BCUT2D eigenvalue weighted by Gasteiger charge is 2.14. The van der Waals surface area contributed by atoms with Crippen molar-refractivity contribution >= 4 is 0 Å². The molecule has 1 saturated carbocycles. The van der Waals surface area contributed by atoms with Crippen LogP contribution in [0.1, 0.15) is 44.3 Å². The molecule has 0 atom stereocenters. The molecule has 0 bridgehead atoms. The second-order valence-corrected chi connectivity index (χ2v) is 4.61. The molecule has 94 valence electrons. The van der Waals surface area contributed by atoms with E-state index >= 15 is 0 Å². The lowest BCUT2D eigenvalue weighted by molar-refractivity contribution is 0.153. The van der Waals surface area contributed by atoms with E-state index in [9.17, 15) is 0 Å². The van der Waals surface area contributed by atoms with Crippen LogP contribution in [-0.4, -0.2) is 22.6 Å². The van der Waals surface area contributed by atoms with Crippen LogP contribution in [0, 0.1) is 0 Å². The van der Waals surface area contributed by atoms with Gasteiger partial charge in [-0.25, -0.2) is 9.97 Å². The summed E-state index contributed by atoms with van der Waals surface area (Å²) in [6.45, 7) is 0.684. The van der Waals surface area contributed by atoms with Gasteiger partial charge in [0.05, 0.1) is 18.5 Å². The molecule has 1 aliphatic carbocycles. The van der Waals surface area contributed by atoms with Gasteiger partial charge in [-0.15, -0.1) is 0 Å². The number of ether oxygens (including phenoxy) is 1. The lowest BCUT2D eigenvalue weighted by atomic mass is 9.98. The van der Waals surface area contributed by atoms with Crippen molar-refractivity contribution in [2.24, 2.45) is 5.73 Å². The zero-order chi connectivity index (χ0) is 11.9. The Labute approximate surface area is 103 Å². The molecule has 0 spiro atoms. The normalized spacial score (nSPS) is 17.0. The van der Waals surface area contributed by atoms with Crippen LogP contribution < -0.4 is 10.5 Å². The summed E-state index contributed by atoms with van der Waals surface area (Å²) in [5.41, 5.74) is 5.45. The average molecular weight is 235 g/mol. The molecular formula is C13H21N3O. The Morgan fingerprint density at radius 2 is 1.88 bits per heavy atom. The predicted octanol–water partition coefficient (Wildman–Crippen LogP) is 2.08. The molecule has 1 heterocycles. The molecule has 1 aromatic rings. The van der Waals surface area contributed by atoms with Crippen LogP contribution >= 0.6 is 0 Å². The van der Waals surface area contributed by atoms with E-state index in [4.69, 9.17) is 10.5 Å². The molecule has 0 amide bonds. The Kier molecular flexibility index (Phi) is 4.74. The topological polar surface area (TPSA) is 61.0 Å². The van der Waals surface area contributed by atoms with Crippen LogP contribution in [-0.2, 0) is 6.42 Å². The molecule has 4 heteroatoms. The summed E-state index contributed by atoms with van der Waals surface area (Å²) in [6, 6.07) is 0. The van der Waals surface area contributed by atoms with Crippen LogP contribution in [0.5, 0.6) is 5.75 Å². The van der Waals surface area contributed by atoms with Crippen molar-refractivity contribution in [2.45, 2.75) is 51.0 Å². The second-order valence-electron chi connectivity index (χ2n) is 4.61. The van der Waals surface area contributed by atoms with E-state index in [0.717, 1.165) is 37.3 Å². The Hall–Kier alpha value is -1.16. The van der Waals surface area contributed by atoms with Crippen molar-refractivity contribution in [2.75, 3.05) is 6.54 Å². The van der Waals surface area contributed by atoms with E-state index < -0.39 is 0 Å². The summed E-state index contributed by atoms with van der Waals surface area (Å²) in [4.78, 5) is 8.58. The van der Waals surface area contributed by atoms with Gasteiger partial charge < -0.3 is 10.5 Å². The molecule has 1 fully saturated rings. The van der Waals surface area contributed by atoms with Crippen LogP contribution in [0.25, 0.3) is 0 Å². The van der Waals surface area contributed by atoms with E-state index in [1.165, 1.54) is 19.3 Å². The van der Waals surface area contributed by atoms with Gasteiger partial charge in [-0.3, -0.25) is 0 Å². The van der Waals surface area contributed by atoms with Crippen LogP contribution in [0.15, 0.2) is 12.4 Å². The molecular weight excluding hydrogens is 214 g/mol. The monoisotopic (exact) mass is 235 g/mol. The molecule has 1 aliphatic rings. The minimum atomic E-state index is 0.363. The number of hydrogen-bond acceptors (Lipinski definition) is 4. The van der Waals surface area contributed by atoms with Crippen molar-refractivity contribution in [1.29, 1.82) is 0 Å². The van der Waals surface area contributed by atoms with Gasteiger partial charge in [0.15, 0.2) is 5.75 Å². The highest BCUT2D eigenvalue weighted by molar-refractivity contribution is 5.13. The SMILES string of the molecule is NCCCc1ncc(OC2CCCCC2)cn1. The zero-order valence-corrected chi connectivity index (χ0v) is 10.3. The fraction of sp³-hybridized carbons (Fsp3) is 0.692. The summed E-state index contributed by atoms with van der Waals surface area (Å²) in [5, 5.41) is 0. The third-order valence-electron chi connectivity index (χ3n) is 3.14. The first kappa shape index (κ1) is 12.3. The summed E-state index contributed by atoms with van der Waals surface area (Å²) in [5.74, 6) is 1.65. The van der Waals surface area contributed by atoms with Gasteiger partial charge in [0.25, 0.3) is 0 Å². The minimum Gasteiger partial charge on any atom is -0.487 e. The van der Waals surface area contributed by atoms with Gasteiger partial charge in [-0.2, -0.15) is 0 Å². The standard InChI is InChI=1S/C13H21N3O/c14-8-4-7-13-15-9-12(10-16-13)17-11-5-2-1-3-6-11/h9-11H,1-8,14H2. The minimum absolute atomic E-state index is 0.363. The van der Waals surface area contributed by atoms with E-state index in [1.54, 1.807) is 12.4 Å². The van der Waals surface area contributed by atoms with E-state index in [0.29, 0.717) is 12.6 Å². The van der Waals surface area contributed by atoms with Crippen LogP contribution in [0.2, 0.25) is 0 Å². The Morgan fingerprint density at radius 3 is 2.53 bits per heavy atom. The lowest BCUT2D eigenvalue weighted by Gasteiger charge is -2.22. The van der Waals surface area contributed by atoms with Gasteiger partial charge in [0.1, 0.15) is 5.82 Å². The molecule has 2 N–H and O–H groups in total. The summed E-state index contributed by atoms with van der Waals surface area (Å²) in [7, 11) is 0. The first-order chi connectivity index (χ1) is 8.38. The largest absolute Gasteiger partial charge is 0.487 e. The van der Waals surface area contributed by atoms with Gasteiger partial charge in [0.2, 0.25) is 0 Å². The average Bonchev–Trinajstić information content (AvgIpc) is 2.39. The third kappa shape index (κ3) is 3.97. The van der Waals surface area contributed by atoms with Gasteiger partial charge in [-0.05, 0) is 38.6 Å². The van der Waals surface area contributed by atoms with Gasteiger partial charge in [0, 0.05) is 6.42 Å². The first-order valence-corrected chi connectivity index (χ1v) is 6.56. The fourth-order valence-corrected chi connectivity index (χ4v) is 2.17. The number of rotatable bonds is 5. The first-order valence-electron chi connectivity index (χ1n) is 6.56. The predicted molar refractivity (Wildman–Crippen MR) is 66.9 cm³/mol. The molecule has 17 heavy (non-hydrogen) atoms. The summed E-state index contributed by atoms with van der Waals surface area (Å²) < 4.78 is 5.87. The van der Waals surface area contributed by atoms with E-state index in [-0.39, 0.29) is 0 Å². The maximum absolute atomic E-state index is 5.87. The zero-order valence-electron chi connectivity index (χ0n) is 10.3. The number of nitrogens with zero attached hydrogens (tertiary/aromatic N) is 2. The van der Waals surface area contributed by atoms with Crippen LogP contribution in [0.3, 0.4) is 0 Å². The van der Waals surface area contributed by atoms with Crippen molar-refractivity contribution in [3.05, 3.63) is 18.2 Å². The number of nitrogens with two attached hydrogens (primary N) is 1. The van der Waals surface area contributed by atoms with Gasteiger partial charge >= 0.3 is 0 Å². The molecule has 1 aromatic heterocycles. The van der Waals surface area contributed by atoms with Crippen molar-refractivity contribution in [3.63, 3.8) is 0 Å². The Bertz CT molecular complexity index is 320. The molecule has 0 unspecified atom stereocenters. The molecule has 0 radical (unpaired) electrons. The maximum atomic E-state index is 5.87. The molecule has 0 aromatic carbocycles. The number of hydrogen-bond donors (Lipinski definition) is 1. The molecule has 2 rings (SSSR count). The Balaban J connectivity index is 1.84. The van der Waals surface area contributed by atoms with Gasteiger partial charge in [-0.1, -0.05) is 6.42 Å². The number of aromatic nitrogens is 2. The van der Waals surface area contributed by atoms with Crippen molar-refractivity contribution in [1.82, 2.24) is 9.97 Å². The maximum Gasteiger partial charge on any atom is 0.156 e. The lowest BCUT2D eigenvalue weighted by Crippen LogP contribution is -2.19. The van der Waals surface area contributed by atoms with Crippen molar-refractivity contribution < 1.29 is 4.74 Å². The summed E-state index contributed by atoms with van der Waals surface area (Å²) >= 11 is 0. The third-order valence-corrected chi connectivity index (χ3v) is 3.14. The molecule has 0 aliphatic heterocycles. The van der Waals surface area contributed by atoms with Crippen LogP contribution in [0.4, 0.5) is 0 Å². The van der Waals surface area contributed by atoms with Crippen molar-refractivity contribution in [3.8, 4) is 5.75 Å². The quantitative estimate of drug-likeness (QED) is 0.848. The molecule has 4 nitrogen and oxygen atoms in total. The van der Waals surface area contributed by atoms with E-state index in [1.807, 2.05) is 0 Å². The molecule has 0 saturated heterocycles. The smallest absolute Gasteiger partial charge is 0.156 e. The van der Waals surface area contributed by atoms with E-state index in [2.05, 4.69) is 9.97 Å². The second kappa shape index (κ2) is 6.55.